The molecule has 1 aromatic carbocycles. The van der Waals surface area contributed by atoms with Crippen LogP contribution in [0.25, 0.3) is 0 Å². The van der Waals surface area contributed by atoms with Gasteiger partial charge in [0.25, 0.3) is 0 Å². The summed E-state index contributed by atoms with van der Waals surface area (Å²) in [6, 6.07) is 8.74. The molecular weight excluding hydrogens is 370 g/mol. The van der Waals surface area contributed by atoms with E-state index in [1.165, 1.54) is 4.90 Å². The van der Waals surface area contributed by atoms with E-state index in [2.05, 4.69) is 50.6 Å². The number of likely N-dealkylation sites (N-methyl/N-ethyl adjacent to an activating group) is 1. The lowest BCUT2D eigenvalue weighted by Gasteiger charge is -2.16. The van der Waals surface area contributed by atoms with Crippen LogP contribution in [0, 0.1) is 6.92 Å². The van der Waals surface area contributed by atoms with Crippen LogP contribution in [0.4, 0.5) is 0 Å². The Labute approximate surface area is 143 Å². The first-order chi connectivity index (χ1) is 10.0. The van der Waals surface area contributed by atoms with Gasteiger partial charge in [0.2, 0.25) is 0 Å². The molecular formula is C15H19BrClN3S. The molecule has 6 heteroatoms. The Hall–Kier alpha value is -0.490. The highest BCUT2D eigenvalue weighted by atomic mass is 79.9. The summed E-state index contributed by atoms with van der Waals surface area (Å²) in [5.41, 5.74) is 1.98. The Kier molecular flexibility index (Phi) is 6.17. The van der Waals surface area contributed by atoms with Gasteiger partial charge in [-0.05, 0) is 38.2 Å². The van der Waals surface area contributed by atoms with Gasteiger partial charge >= 0.3 is 0 Å². The van der Waals surface area contributed by atoms with Gasteiger partial charge in [0, 0.05) is 34.6 Å². The van der Waals surface area contributed by atoms with Crippen molar-refractivity contribution < 1.29 is 0 Å². The molecule has 2 aromatic rings. The van der Waals surface area contributed by atoms with E-state index < -0.39 is 0 Å². The van der Waals surface area contributed by atoms with Crippen molar-refractivity contribution in [1.29, 1.82) is 0 Å². The van der Waals surface area contributed by atoms with Gasteiger partial charge in [-0.3, -0.25) is 4.68 Å². The van der Waals surface area contributed by atoms with Gasteiger partial charge in [-0.15, -0.1) is 11.8 Å². The van der Waals surface area contributed by atoms with Crippen LogP contribution in [-0.4, -0.2) is 28.6 Å². The third-order valence-electron chi connectivity index (χ3n) is 3.37. The lowest BCUT2D eigenvalue weighted by atomic mass is 10.2. The summed E-state index contributed by atoms with van der Waals surface area (Å²) in [5, 5.41) is 8.52. The van der Waals surface area contributed by atoms with Gasteiger partial charge in [0.05, 0.1) is 16.4 Å². The van der Waals surface area contributed by atoms with Crippen LogP contribution in [0.2, 0.25) is 5.02 Å². The minimum Gasteiger partial charge on any atom is -0.316 e. The highest BCUT2D eigenvalue weighted by Gasteiger charge is 2.16. The van der Waals surface area contributed by atoms with Crippen LogP contribution in [0.1, 0.15) is 11.4 Å². The summed E-state index contributed by atoms with van der Waals surface area (Å²) in [6.07, 6.45) is 0.871. The van der Waals surface area contributed by atoms with E-state index in [4.69, 9.17) is 11.6 Å². The van der Waals surface area contributed by atoms with Gasteiger partial charge in [0.15, 0.2) is 0 Å². The number of hydrogen-bond donors (Lipinski definition) is 1. The van der Waals surface area contributed by atoms with Crippen LogP contribution in [0.5, 0.6) is 0 Å². The van der Waals surface area contributed by atoms with Gasteiger partial charge in [0.1, 0.15) is 0 Å². The SMILES string of the molecule is CNC(CSc1ccc(Br)cc1)Cc1c(Cl)c(C)nn1C. The van der Waals surface area contributed by atoms with E-state index in [0.717, 1.165) is 33.1 Å². The maximum absolute atomic E-state index is 6.33. The fraction of sp³-hybridized carbons (Fsp3) is 0.400. The number of aryl methyl sites for hydroxylation is 2. The smallest absolute Gasteiger partial charge is 0.0847 e. The van der Waals surface area contributed by atoms with E-state index in [1.807, 2.05) is 37.5 Å². The van der Waals surface area contributed by atoms with E-state index in [-0.39, 0.29) is 0 Å². The van der Waals surface area contributed by atoms with Crippen LogP contribution in [0.15, 0.2) is 33.6 Å². The van der Waals surface area contributed by atoms with Crippen molar-refractivity contribution in [3.05, 3.63) is 45.1 Å². The molecule has 0 aliphatic carbocycles. The Morgan fingerprint density at radius 1 is 1.38 bits per heavy atom. The average Bonchev–Trinajstić information content (AvgIpc) is 2.71. The topological polar surface area (TPSA) is 29.9 Å². The minimum absolute atomic E-state index is 0.353. The largest absolute Gasteiger partial charge is 0.316 e. The summed E-state index contributed by atoms with van der Waals surface area (Å²) in [5.74, 6) is 0.985. The van der Waals surface area contributed by atoms with Crippen molar-refractivity contribution in [3.8, 4) is 0 Å². The van der Waals surface area contributed by atoms with E-state index in [0.29, 0.717) is 6.04 Å². The average molecular weight is 389 g/mol. The number of nitrogens with one attached hydrogen (secondary N) is 1. The number of halogens is 2. The van der Waals surface area contributed by atoms with Gasteiger partial charge in [-0.1, -0.05) is 27.5 Å². The summed E-state index contributed by atoms with van der Waals surface area (Å²) in [6.45, 7) is 1.94. The van der Waals surface area contributed by atoms with Gasteiger partial charge in [-0.2, -0.15) is 5.10 Å². The van der Waals surface area contributed by atoms with Crippen molar-refractivity contribution >= 4 is 39.3 Å². The van der Waals surface area contributed by atoms with Crippen molar-refractivity contribution in [1.82, 2.24) is 15.1 Å². The standard InChI is InChI=1S/C15H19BrClN3S/c1-10-15(17)14(20(3)19-10)8-12(18-2)9-21-13-6-4-11(16)5-7-13/h4-7,12,18H,8-9H2,1-3H3. The fourth-order valence-corrected chi connectivity index (χ4v) is 3.62. The summed E-state index contributed by atoms with van der Waals surface area (Å²) in [4.78, 5) is 1.27. The number of aromatic nitrogens is 2. The number of rotatable bonds is 6. The molecule has 0 saturated carbocycles. The third-order valence-corrected chi connectivity index (χ3v) is 5.57. The summed E-state index contributed by atoms with van der Waals surface area (Å²) in [7, 11) is 3.94. The Morgan fingerprint density at radius 2 is 2.05 bits per heavy atom. The molecule has 1 unspecified atom stereocenters. The van der Waals surface area contributed by atoms with Crippen LogP contribution in [-0.2, 0) is 13.5 Å². The molecule has 0 aliphatic heterocycles. The first kappa shape index (κ1) is 16.9. The lowest BCUT2D eigenvalue weighted by molar-refractivity contribution is 0.582. The molecule has 0 saturated heterocycles. The first-order valence-electron chi connectivity index (χ1n) is 6.75. The zero-order chi connectivity index (χ0) is 15.4. The first-order valence-corrected chi connectivity index (χ1v) is 8.90. The number of thioether (sulfide) groups is 1. The molecule has 0 aliphatic rings. The molecule has 0 bridgehead atoms. The Morgan fingerprint density at radius 3 is 2.57 bits per heavy atom. The molecule has 1 atom stereocenters. The lowest BCUT2D eigenvalue weighted by Crippen LogP contribution is -2.31. The molecule has 114 valence electrons. The van der Waals surface area contributed by atoms with Gasteiger partial charge < -0.3 is 5.32 Å². The number of benzene rings is 1. The fourth-order valence-electron chi connectivity index (χ4n) is 2.11. The predicted octanol–water partition coefficient (Wildman–Crippen LogP) is 4.07. The Bertz CT molecular complexity index is 598. The number of hydrogen-bond acceptors (Lipinski definition) is 3. The molecule has 2 rings (SSSR count). The molecule has 3 nitrogen and oxygen atoms in total. The van der Waals surface area contributed by atoms with Crippen LogP contribution in [0.3, 0.4) is 0 Å². The second-order valence-electron chi connectivity index (χ2n) is 4.92. The highest BCUT2D eigenvalue weighted by Crippen LogP contribution is 2.24. The molecule has 1 heterocycles. The normalized spacial score (nSPS) is 12.6. The molecule has 21 heavy (non-hydrogen) atoms. The zero-order valence-corrected chi connectivity index (χ0v) is 15.5. The third kappa shape index (κ3) is 4.49. The van der Waals surface area contributed by atoms with Gasteiger partial charge in [-0.25, -0.2) is 0 Å². The van der Waals surface area contributed by atoms with Crippen molar-refractivity contribution in [3.63, 3.8) is 0 Å². The highest BCUT2D eigenvalue weighted by molar-refractivity contribution is 9.10. The van der Waals surface area contributed by atoms with Crippen molar-refractivity contribution in [2.24, 2.45) is 7.05 Å². The molecule has 0 radical (unpaired) electrons. The molecule has 1 aromatic heterocycles. The predicted molar refractivity (Wildman–Crippen MR) is 94.4 cm³/mol. The molecule has 0 fully saturated rings. The second-order valence-corrected chi connectivity index (χ2v) is 7.31. The monoisotopic (exact) mass is 387 g/mol. The van der Waals surface area contributed by atoms with Crippen molar-refractivity contribution in [2.75, 3.05) is 12.8 Å². The quantitative estimate of drug-likeness (QED) is 0.757. The van der Waals surface area contributed by atoms with Crippen molar-refractivity contribution in [2.45, 2.75) is 24.3 Å². The maximum Gasteiger partial charge on any atom is 0.0847 e. The summed E-state index contributed by atoms with van der Waals surface area (Å²) >= 11 is 11.6. The van der Waals surface area contributed by atoms with E-state index in [9.17, 15) is 0 Å². The molecule has 1 N–H and O–H groups in total. The number of nitrogens with zero attached hydrogens (tertiary/aromatic N) is 2. The minimum atomic E-state index is 0.353. The molecule has 0 spiro atoms. The maximum atomic E-state index is 6.33. The Balaban J connectivity index is 1.98. The van der Waals surface area contributed by atoms with Crippen LogP contribution >= 0.6 is 39.3 Å². The van der Waals surface area contributed by atoms with Crippen LogP contribution < -0.4 is 5.32 Å². The second kappa shape index (κ2) is 7.68. The summed E-state index contributed by atoms with van der Waals surface area (Å²) < 4.78 is 2.99. The van der Waals surface area contributed by atoms with E-state index in [1.54, 1.807) is 0 Å². The van der Waals surface area contributed by atoms with E-state index >= 15 is 0 Å². The zero-order valence-electron chi connectivity index (χ0n) is 12.4. The molecule has 0 amide bonds.